The Kier molecular flexibility index (Phi) is 5.49. The molecule has 5 nitrogen and oxygen atoms in total. The standard InChI is InChI=1S/C16H19ClN2O3S/c1-8(2)22-15(20)13-9(3)18-16(23)19-14(13)11-7-10(17)5-6-12(11)21-4/h5-8,14H,1-4H3,(H2,18,19,23)/t14-/m0/s1. The van der Waals surface area contributed by atoms with E-state index in [9.17, 15) is 4.79 Å². The predicted octanol–water partition coefficient (Wildman–Crippen LogP) is 3.09. The predicted molar refractivity (Wildman–Crippen MR) is 93.5 cm³/mol. The van der Waals surface area contributed by atoms with E-state index < -0.39 is 12.0 Å². The van der Waals surface area contributed by atoms with Gasteiger partial charge < -0.3 is 20.1 Å². The van der Waals surface area contributed by atoms with Crippen LogP contribution in [0.1, 0.15) is 32.4 Å². The van der Waals surface area contributed by atoms with Gasteiger partial charge in [-0.1, -0.05) is 11.6 Å². The molecule has 0 amide bonds. The number of rotatable bonds is 4. The Bertz CT molecular complexity index is 673. The number of nitrogens with one attached hydrogen (secondary N) is 2. The highest BCUT2D eigenvalue weighted by Gasteiger charge is 2.33. The molecule has 0 aliphatic carbocycles. The number of hydrogen-bond donors (Lipinski definition) is 2. The van der Waals surface area contributed by atoms with Crippen LogP contribution in [0.25, 0.3) is 0 Å². The van der Waals surface area contributed by atoms with Crippen molar-refractivity contribution in [3.05, 3.63) is 40.1 Å². The van der Waals surface area contributed by atoms with E-state index in [-0.39, 0.29) is 6.10 Å². The molecule has 0 aromatic heterocycles. The lowest BCUT2D eigenvalue weighted by molar-refractivity contribution is -0.143. The summed E-state index contributed by atoms with van der Waals surface area (Å²) in [6.45, 7) is 5.39. The summed E-state index contributed by atoms with van der Waals surface area (Å²) < 4.78 is 10.8. The van der Waals surface area contributed by atoms with Gasteiger partial charge in [-0.2, -0.15) is 0 Å². The van der Waals surface area contributed by atoms with Crippen LogP contribution in [0.4, 0.5) is 0 Å². The zero-order chi connectivity index (χ0) is 17.1. The molecular weight excluding hydrogens is 336 g/mol. The van der Waals surface area contributed by atoms with Crippen LogP contribution in [-0.2, 0) is 9.53 Å². The zero-order valence-electron chi connectivity index (χ0n) is 13.4. The van der Waals surface area contributed by atoms with E-state index in [4.69, 9.17) is 33.3 Å². The van der Waals surface area contributed by atoms with Crippen molar-refractivity contribution in [3.8, 4) is 5.75 Å². The Balaban J connectivity index is 2.53. The number of esters is 1. The van der Waals surface area contributed by atoms with E-state index >= 15 is 0 Å². The Hall–Kier alpha value is -1.79. The van der Waals surface area contributed by atoms with Gasteiger partial charge in [0, 0.05) is 16.3 Å². The molecule has 0 radical (unpaired) electrons. The molecule has 1 aromatic carbocycles. The molecule has 0 fully saturated rings. The number of benzene rings is 1. The van der Waals surface area contributed by atoms with Gasteiger partial charge in [-0.25, -0.2) is 4.79 Å². The second kappa shape index (κ2) is 7.19. The monoisotopic (exact) mass is 354 g/mol. The van der Waals surface area contributed by atoms with Crippen LogP contribution in [0.3, 0.4) is 0 Å². The summed E-state index contributed by atoms with van der Waals surface area (Å²) in [6.07, 6.45) is -0.224. The minimum absolute atomic E-state index is 0.224. The topological polar surface area (TPSA) is 59.6 Å². The van der Waals surface area contributed by atoms with Gasteiger partial charge in [0.25, 0.3) is 0 Å². The Morgan fingerprint density at radius 1 is 1.39 bits per heavy atom. The van der Waals surface area contributed by atoms with Gasteiger partial charge >= 0.3 is 5.97 Å². The Morgan fingerprint density at radius 3 is 2.70 bits per heavy atom. The van der Waals surface area contributed by atoms with Gasteiger partial charge in [0.15, 0.2) is 5.11 Å². The summed E-state index contributed by atoms with van der Waals surface area (Å²) in [5.74, 6) is 0.200. The number of halogens is 1. The highest BCUT2D eigenvalue weighted by atomic mass is 35.5. The van der Waals surface area contributed by atoms with Crippen LogP contribution in [-0.4, -0.2) is 24.3 Å². The van der Waals surface area contributed by atoms with Crippen LogP contribution >= 0.6 is 23.8 Å². The third-order valence-electron chi connectivity index (χ3n) is 3.33. The maximum atomic E-state index is 12.5. The van der Waals surface area contributed by atoms with Crippen molar-refractivity contribution < 1.29 is 14.3 Å². The van der Waals surface area contributed by atoms with Crippen molar-refractivity contribution in [1.29, 1.82) is 0 Å². The molecule has 0 spiro atoms. The first-order chi connectivity index (χ1) is 10.8. The second-order valence-electron chi connectivity index (χ2n) is 5.41. The average molecular weight is 355 g/mol. The maximum absolute atomic E-state index is 12.5. The molecule has 124 valence electrons. The number of carbonyl (C=O) groups is 1. The van der Waals surface area contributed by atoms with Crippen LogP contribution in [0, 0.1) is 0 Å². The molecule has 23 heavy (non-hydrogen) atoms. The van der Waals surface area contributed by atoms with Gasteiger partial charge in [0.2, 0.25) is 0 Å². The Morgan fingerprint density at radius 2 is 2.09 bits per heavy atom. The molecule has 1 aromatic rings. The summed E-state index contributed by atoms with van der Waals surface area (Å²) in [6, 6.07) is 4.74. The SMILES string of the molecule is COc1ccc(Cl)cc1[C@@H]1NC(=S)NC(C)=C1C(=O)OC(C)C. The normalized spacial score (nSPS) is 17.7. The van der Waals surface area contributed by atoms with Crippen LogP contribution < -0.4 is 15.4 Å². The van der Waals surface area contributed by atoms with Gasteiger partial charge in [0.1, 0.15) is 5.75 Å². The lowest BCUT2D eigenvalue weighted by atomic mass is 9.95. The van der Waals surface area contributed by atoms with Crippen molar-refractivity contribution in [1.82, 2.24) is 10.6 Å². The quantitative estimate of drug-likeness (QED) is 0.640. The maximum Gasteiger partial charge on any atom is 0.338 e. The van der Waals surface area contributed by atoms with Crippen molar-refractivity contribution in [2.75, 3.05) is 7.11 Å². The summed E-state index contributed by atoms with van der Waals surface area (Å²) in [7, 11) is 1.56. The molecule has 1 heterocycles. The molecular formula is C16H19ClN2O3S. The van der Waals surface area contributed by atoms with Crippen LogP contribution in [0.5, 0.6) is 5.75 Å². The van der Waals surface area contributed by atoms with Crippen LogP contribution in [0.15, 0.2) is 29.5 Å². The molecule has 1 aliphatic heterocycles. The lowest BCUT2D eigenvalue weighted by Crippen LogP contribution is -2.45. The molecule has 0 saturated carbocycles. The van der Waals surface area contributed by atoms with Crippen LogP contribution in [0.2, 0.25) is 5.02 Å². The summed E-state index contributed by atoms with van der Waals surface area (Å²) in [4.78, 5) is 12.5. The molecule has 1 aliphatic rings. The summed E-state index contributed by atoms with van der Waals surface area (Å²) >= 11 is 11.3. The van der Waals surface area contributed by atoms with Gasteiger partial charge in [-0.3, -0.25) is 0 Å². The molecule has 2 N–H and O–H groups in total. The van der Waals surface area contributed by atoms with Gasteiger partial charge in [-0.15, -0.1) is 0 Å². The lowest BCUT2D eigenvalue weighted by Gasteiger charge is -2.31. The number of carbonyl (C=O) groups excluding carboxylic acids is 1. The third-order valence-corrected chi connectivity index (χ3v) is 3.79. The van der Waals surface area contributed by atoms with Crippen molar-refractivity contribution in [2.45, 2.75) is 32.9 Å². The fourth-order valence-corrected chi connectivity index (χ4v) is 2.86. The molecule has 0 unspecified atom stereocenters. The summed E-state index contributed by atoms with van der Waals surface area (Å²) in [5, 5.41) is 7.02. The minimum atomic E-state index is -0.497. The van der Waals surface area contributed by atoms with Crippen molar-refractivity contribution in [2.24, 2.45) is 0 Å². The molecule has 7 heteroatoms. The number of allylic oxidation sites excluding steroid dienone is 1. The number of thiocarbonyl (C=S) groups is 1. The zero-order valence-corrected chi connectivity index (χ0v) is 15.0. The first kappa shape index (κ1) is 17.6. The largest absolute Gasteiger partial charge is 0.496 e. The molecule has 0 bridgehead atoms. The highest BCUT2D eigenvalue weighted by molar-refractivity contribution is 7.80. The number of methoxy groups -OCH3 is 1. The molecule has 2 rings (SSSR count). The third kappa shape index (κ3) is 3.95. The summed E-state index contributed by atoms with van der Waals surface area (Å²) in [5.41, 5.74) is 1.82. The first-order valence-electron chi connectivity index (χ1n) is 7.16. The van der Waals surface area contributed by atoms with E-state index in [0.29, 0.717) is 27.2 Å². The van der Waals surface area contributed by atoms with E-state index in [1.54, 1.807) is 46.1 Å². The fourth-order valence-electron chi connectivity index (χ4n) is 2.41. The fraction of sp³-hybridized carbons (Fsp3) is 0.375. The van der Waals surface area contributed by atoms with E-state index in [1.165, 1.54) is 0 Å². The number of hydrogen-bond acceptors (Lipinski definition) is 4. The van der Waals surface area contributed by atoms with E-state index in [2.05, 4.69) is 10.6 Å². The first-order valence-corrected chi connectivity index (χ1v) is 7.94. The highest BCUT2D eigenvalue weighted by Crippen LogP contribution is 2.35. The second-order valence-corrected chi connectivity index (χ2v) is 6.26. The number of ether oxygens (including phenoxy) is 2. The molecule has 1 atom stereocenters. The van der Waals surface area contributed by atoms with Gasteiger partial charge in [-0.05, 0) is 51.2 Å². The average Bonchev–Trinajstić information content (AvgIpc) is 2.45. The minimum Gasteiger partial charge on any atom is -0.496 e. The van der Waals surface area contributed by atoms with E-state index in [0.717, 1.165) is 5.56 Å². The smallest absolute Gasteiger partial charge is 0.338 e. The Labute approximate surface area is 146 Å². The van der Waals surface area contributed by atoms with E-state index in [1.807, 2.05) is 0 Å². The van der Waals surface area contributed by atoms with Crippen molar-refractivity contribution in [3.63, 3.8) is 0 Å². The van der Waals surface area contributed by atoms with Crippen molar-refractivity contribution >= 4 is 34.9 Å². The molecule has 0 saturated heterocycles. The van der Waals surface area contributed by atoms with Gasteiger partial charge in [0.05, 0.1) is 24.8 Å².